The number of fused-ring (bicyclic) bond motifs is 2. The summed E-state index contributed by atoms with van der Waals surface area (Å²) in [5.74, 6) is -0.0659. The van der Waals surface area contributed by atoms with Crippen molar-refractivity contribution >= 4 is 11.6 Å². The third-order valence-corrected chi connectivity index (χ3v) is 4.31. The van der Waals surface area contributed by atoms with Crippen LogP contribution in [0.4, 0.5) is 0 Å². The molecule has 25 heavy (non-hydrogen) atoms. The standard InChI is InChI=1S/C20H20O2.C3H8/c1-5-12-10-11-15-16(17(12)20(2,3)4)19(22)14-9-7-6-8-13(14)18(15)21;1-3-2/h6-11H,5H2,1-4H3;3H2,1-2H3. The van der Waals surface area contributed by atoms with E-state index >= 15 is 0 Å². The van der Waals surface area contributed by atoms with Crippen LogP contribution in [0, 0.1) is 0 Å². The van der Waals surface area contributed by atoms with Crippen molar-refractivity contribution < 1.29 is 9.59 Å². The van der Waals surface area contributed by atoms with E-state index in [1.807, 2.05) is 18.2 Å². The highest BCUT2D eigenvalue weighted by atomic mass is 16.1. The van der Waals surface area contributed by atoms with E-state index in [1.54, 1.807) is 18.2 Å². The van der Waals surface area contributed by atoms with Crippen LogP contribution in [-0.2, 0) is 11.8 Å². The van der Waals surface area contributed by atoms with Gasteiger partial charge in [-0.05, 0) is 29.0 Å². The molecule has 2 heteroatoms. The molecule has 0 saturated heterocycles. The van der Waals surface area contributed by atoms with Crippen LogP contribution in [0.1, 0.15) is 90.9 Å². The van der Waals surface area contributed by atoms with Crippen molar-refractivity contribution in [2.75, 3.05) is 0 Å². The number of carbonyl (C=O) groups is 2. The quantitative estimate of drug-likeness (QED) is 0.568. The maximum atomic E-state index is 13.0. The van der Waals surface area contributed by atoms with Gasteiger partial charge < -0.3 is 0 Å². The average Bonchev–Trinajstić information content (AvgIpc) is 2.58. The average molecular weight is 336 g/mol. The van der Waals surface area contributed by atoms with Gasteiger partial charge in [0.2, 0.25) is 0 Å². The normalized spacial score (nSPS) is 12.9. The van der Waals surface area contributed by atoms with Gasteiger partial charge >= 0.3 is 0 Å². The van der Waals surface area contributed by atoms with E-state index in [2.05, 4.69) is 41.5 Å². The molecule has 1 aliphatic rings. The van der Waals surface area contributed by atoms with Crippen molar-refractivity contribution in [3.63, 3.8) is 0 Å². The van der Waals surface area contributed by atoms with Crippen molar-refractivity contribution in [2.45, 2.75) is 59.8 Å². The molecule has 0 saturated carbocycles. The predicted octanol–water partition coefficient (Wildman–Crippen LogP) is 5.74. The van der Waals surface area contributed by atoms with Gasteiger partial charge in [-0.1, -0.05) is 78.3 Å². The predicted molar refractivity (Wildman–Crippen MR) is 104 cm³/mol. The minimum absolute atomic E-state index is 0.0228. The zero-order valence-corrected chi connectivity index (χ0v) is 16.2. The Bertz CT molecular complexity index is 807. The van der Waals surface area contributed by atoms with Gasteiger partial charge in [0, 0.05) is 22.3 Å². The first-order valence-electron chi connectivity index (χ1n) is 9.12. The SMILES string of the molecule is CCC.CCc1ccc2c(c1C(C)(C)C)C(=O)c1ccccc1C2=O. The number of carbonyl (C=O) groups excluding carboxylic acids is 2. The van der Waals surface area contributed by atoms with Gasteiger partial charge in [0.15, 0.2) is 11.6 Å². The molecule has 0 bridgehead atoms. The van der Waals surface area contributed by atoms with Gasteiger partial charge in [-0.25, -0.2) is 0 Å². The molecule has 0 heterocycles. The molecule has 0 unspecified atom stereocenters. The van der Waals surface area contributed by atoms with E-state index in [0.29, 0.717) is 22.3 Å². The van der Waals surface area contributed by atoms with E-state index in [9.17, 15) is 9.59 Å². The molecule has 0 aromatic heterocycles. The number of hydrogen-bond donors (Lipinski definition) is 0. The molecule has 2 nitrogen and oxygen atoms in total. The summed E-state index contributed by atoms with van der Waals surface area (Å²) in [7, 11) is 0. The fourth-order valence-corrected chi connectivity index (χ4v) is 3.38. The smallest absolute Gasteiger partial charge is 0.194 e. The van der Waals surface area contributed by atoms with Crippen LogP contribution in [0.15, 0.2) is 36.4 Å². The Kier molecular flexibility index (Phi) is 5.62. The molecular weight excluding hydrogens is 308 g/mol. The van der Waals surface area contributed by atoms with Crippen molar-refractivity contribution in [3.05, 3.63) is 69.8 Å². The highest BCUT2D eigenvalue weighted by Crippen LogP contribution is 2.37. The highest BCUT2D eigenvalue weighted by Gasteiger charge is 2.35. The third-order valence-electron chi connectivity index (χ3n) is 4.31. The second-order valence-corrected chi connectivity index (χ2v) is 7.54. The summed E-state index contributed by atoms with van der Waals surface area (Å²) in [6.07, 6.45) is 2.10. The van der Waals surface area contributed by atoms with Crippen molar-refractivity contribution in [1.29, 1.82) is 0 Å². The Morgan fingerprint density at radius 1 is 0.760 bits per heavy atom. The molecule has 0 spiro atoms. The van der Waals surface area contributed by atoms with E-state index in [0.717, 1.165) is 17.5 Å². The second kappa shape index (κ2) is 7.35. The highest BCUT2D eigenvalue weighted by molar-refractivity contribution is 6.29. The molecule has 2 aromatic carbocycles. The minimum Gasteiger partial charge on any atom is -0.289 e. The minimum atomic E-state index is -0.182. The summed E-state index contributed by atoms with van der Waals surface area (Å²) >= 11 is 0. The first kappa shape index (κ1) is 19.1. The summed E-state index contributed by atoms with van der Waals surface area (Å²) in [6, 6.07) is 10.9. The van der Waals surface area contributed by atoms with Crippen molar-refractivity contribution in [1.82, 2.24) is 0 Å². The lowest BCUT2D eigenvalue weighted by atomic mass is 9.73. The number of rotatable bonds is 1. The van der Waals surface area contributed by atoms with Crippen LogP contribution in [0.3, 0.4) is 0 Å². The van der Waals surface area contributed by atoms with Crippen LogP contribution in [0.5, 0.6) is 0 Å². The summed E-state index contributed by atoms with van der Waals surface area (Å²) in [4.78, 5) is 25.8. The van der Waals surface area contributed by atoms with Gasteiger partial charge in [0.1, 0.15) is 0 Å². The van der Waals surface area contributed by atoms with E-state index in [-0.39, 0.29) is 17.0 Å². The third kappa shape index (κ3) is 3.44. The molecule has 0 fully saturated rings. The Hall–Kier alpha value is -2.22. The summed E-state index contributed by atoms with van der Waals surface area (Å²) in [6.45, 7) is 12.6. The summed E-state index contributed by atoms with van der Waals surface area (Å²) in [5.41, 5.74) is 4.18. The molecule has 0 amide bonds. The first-order chi connectivity index (χ1) is 11.8. The topological polar surface area (TPSA) is 34.1 Å². The Balaban J connectivity index is 0.000000701. The molecule has 1 aliphatic carbocycles. The molecule has 2 aromatic rings. The van der Waals surface area contributed by atoms with Gasteiger partial charge in [-0.3, -0.25) is 9.59 Å². The molecule has 3 rings (SSSR count). The zero-order chi connectivity index (χ0) is 18.8. The first-order valence-corrected chi connectivity index (χ1v) is 9.12. The van der Waals surface area contributed by atoms with E-state index in [1.165, 1.54) is 6.42 Å². The van der Waals surface area contributed by atoms with E-state index in [4.69, 9.17) is 0 Å². The summed E-state index contributed by atoms with van der Waals surface area (Å²) < 4.78 is 0. The number of hydrogen-bond acceptors (Lipinski definition) is 2. The molecule has 0 atom stereocenters. The second-order valence-electron chi connectivity index (χ2n) is 7.54. The fraction of sp³-hybridized carbons (Fsp3) is 0.391. The zero-order valence-electron chi connectivity index (χ0n) is 16.2. The van der Waals surface area contributed by atoms with Crippen LogP contribution in [0.25, 0.3) is 0 Å². The molecule has 132 valence electrons. The van der Waals surface area contributed by atoms with Gasteiger partial charge in [-0.15, -0.1) is 0 Å². The lowest BCUT2D eigenvalue weighted by Crippen LogP contribution is -2.27. The lowest BCUT2D eigenvalue weighted by Gasteiger charge is -2.29. The molecular formula is C23H28O2. The van der Waals surface area contributed by atoms with Crippen LogP contribution >= 0.6 is 0 Å². The Labute approximate surface area is 151 Å². The molecule has 0 radical (unpaired) electrons. The lowest BCUT2D eigenvalue weighted by molar-refractivity contribution is 0.0977. The van der Waals surface area contributed by atoms with Crippen molar-refractivity contribution in [2.24, 2.45) is 0 Å². The summed E-state index contributed by atoms with van der Waals surface area (Å²) in [5, 5.41) is 0. The molecule has 0 N–H and O–H groups in total. The van der Waals surface area contributed by atoms with Crippen molar-refractivity contribution in [3.8, 4) is 0 Å². The van der Waals surface area contributed by atoms with Gasteiger partial charge in [0.05, 0.1) is 0 Å². The van der Waals surface area contributed by atoms with Crippen LogP contribution in [-0.4, -0.2) is 11.6 Å². The maximum Gasteiger partial charge on any atom is 0.194 e. The Morgan fingerprint density at radius 3 is 1.76 bits per heavy atom. The number of ketones is 2. The van der Waals surface area contributed by atoms with Gasteiger partial charge in [0.25, 0.3) is 0 Å². The largest absolute Gasteiger partial charge is 0.289 e. The van der Waals surface area contributed by atoms with E-state index < -0.39 is 0 Å². The molecule has 0 aliphatic heterocycles. The van der Waals surface area contributed by atoms with Crippen LogP contribution < -0.4 is 0 Å². The fourth-order valence-electron chi connectivity index (χ4n) is 3.38. The van der Waals surface area contributed by atoms with Crippen LogP contribution in [0.2, 0.25) is 0 Å². The number of aryl methyl sites for hydroxylation is 1. The Morgan fingerprint density at radius 2 is 1.28 bits per heavy atom. The number of benzene rings is 2. The van der Waals surface area contributed by atoms with Gasteiger partial charge in [-0.2, -0.15) is 0 Å². The monoisotopic (exact) mass is 336 g/mol. The maximum absolute atomic E-state index is 13.0.